The number of carbonyl (C=O) groups is 1. The van der Waals surface area contributed by atoms with E-state index in [-0.39, 0.29) is 12.4 Å². The molecular formula is C10H16ClN5O. The van der Waals surface area contributed by atoms with Crippen molar-refractivity contribution >= 4 is 24.3 Å². The Morgan fingerprint density at radius 3 is 2.65 bits per heavy atom. The summed E-state index contributed by atoms with van der Waals surface area (Å²) in [5.74, 6) is 0.156. The fourth-order valence-corrected chi connectivity index (χ4v) is 1.79. The molecule has 1 aromatic rings. The highest BCUT2D eigenvalue weighted by Gasteiger charge is 2.22. The van der Waals surface area contributed by atoms with Crippen LogP contribution in [0.4, 0.5) is 5.95 Å². The van der Waals surface area contributed by atoms with E-state index < -0.39 is 5.91 Å². The average molecular weight is 258 g/mol. The van der Waals surface area contributed by atoms with E-state index in [1.54, 1.807) is 0 Å². The van der Waals surface area contributed by atoms with Gasteiger partial charge in [0.25, 0.3) is 5.91 Å². The van der Waals surface area contributed by atoms with Crippen molar-refractivity contribution in [1.29, 1.82) is 0 Å². The first kappa shape index (κ1) is 13.7. The van der Waals surface area contributed by atoms with Gasteiger partial charge in [-0.25, -0.2) is 9.97 Å². The van der Waals surface area contributed by atoms with Crippen LogP contribution in [0.2, 0.25) is 0 Å². The zero-order chi connectivity index (χ0) is 11.5. The number of nitrogens with two attached hydrogens (primary N) is 1. The minimum atomic E-state index is -0.499. The van der Waals surface area contributed by atoms with Gasteiger partial charge in [-0.15, -0.1) is 12.4 Å². The lowest BCUT2D eigenvalue weighted by atomic mass is 10.3. The van der Waals surface area contributed by atoms with Crippen LogP contribution in [0.15, 0.2) is 12.4 Å². The Kier molecular flexibility index (Phi) is 4.65. The molecule has 1 fully saturated rings. The molecule has 94 valence electrons. The van der Waals surface area contributed by atoms with Gasteiger partial charge in [-0.05, 0) is 13.5 Å². The van der Waals surface area contributed by atoms with Crippen molar-refractivity contribution in [1.82, 2.24) is 15.3 Å². The van der Waals surface area contributed by atoms with Crippen LogP contribution in [0.3, 0.4) is 0 Å². The summed E-state index contributed by atoms with van der Waals surface area (Å²) in [6.07, 6.45) is 4.02. The summed E-state index contributed by atoms with van der Waals surface area (Å²) in [4.78, 5) is 21.2. The summed E-state index contributed by atoms with van der Waals surface area (Å²) in [5, 5.41) is 3.22. The number of rotatable bonds is 3. The Labute approximate surface area is 106 Å². The van der Waals surface area contributed by atoms with Crippen LogP contribution in [0.1, 0.15) is 16.8 Å². The number of halogens is 1. The van der Waals surface area contributed by atoms with Crippen molar-refractivity contribution in [3.05, 3.63) is 18.0 Å². The van der Waals surface area contributed by atoms with Gasteiger partial charge in [-0.3, -0.25) is 4.79 Å². The second-order valence-corrected chi connectivity index (χ2v) is 3.86. The summed E-state index contributed by atoms with van der Waals surface area (Å²) >= 11 is 0. The normalized spacial score (nSPS) is 18.9. The predicted molar refractivity (Wildman–Crippen MR) is 67.5 cm³/mol. The van der Waals surface area contributed by atoms with Crippen molar-refractivity contribution in [3.8, 4) is 0 Å². The molecule has 17 heavy (non-hydrogen) atoms. The summed E-state index contributed by atoms with van der Waals surface area (Å²) in [6.45, 7) is 1.83. The number of aromatic nitrogens is 2. The van der Waals surface area contributed by atoms with Gasteiger partial charge in [-0.1, -0.05) is 0 Å². The first-order valence-corrected chi connectivity index (χ1v) is 5.24. The summed E-state index contributed by atoms with van der Waals surface area (Å²) in [5.41, 5.74) is 5.46. The number of nitrogens with one attached hydrogen (secondary N) is 1. The maximum atomic E-state index is 10.9. The first-order chi connectivity index (χ1) is 7.70. The molecule has 0 radical (unpaired) electrons. The van der Waals surface area contributed by atoms with Crippen LogP contribution in [-0.4, -0.2) is 42.1 Å². The van der Waals surface area contributed by atoms with Crippen LogP contribution in [-0.2, 0) is 0 Å². The molecule has 0 saturated carbocycles. The third kappa shape index (κ3) is 3.04. The standard InChI is InChI=1S/C10H15N5O.ClH/c1-12-8-2-3-15(6-8)10-13-4-7(5-14-10)9(11)16;/h4-5,8,12H,2-3,6H2,1H3,(H2,11,16);1H. The van der Waals surface area contributed by atoms with E-state index in [2.05, 4.69) is 20.2 Å². The first-order valence-electron chi connectivity index (χ1n) is 5.24. The molecule has 0 aliphatic carbocycles. The second-order valence-electron chi connectivity index (χ2n) is 3.86. The molecule has 1 aliphatic rings. The molecule has 0 aromatic carbocycles. The monoisotopic (exact) mass is 257 g/mol. The highest BCUT2D eigenvalue weighted by molar-refractivity contribution is 5.92. The molecule has 1 atom stereocenters. The number of amides is 1. The Balaban J connectivity index is 0.00000144. The van der Waals surface area contributed by atoms with Crippen LogP contribution < -0.4 is 16.0 Å². The Hall–Kier alpha value is -1.40. The molecule has 1 aliphatic heterocycles. The quantitative estimate of drug-likeness (QED) is 0.783. The van der Waals surface area contributed by atoms with Crippen LogP contribution in [0.25, 0.3) is 0 Å². The lowest BCUT2D eigenvalue weighted by Crippen LogP contribution is -2.30. The van der Waals surface area contributed by atoms with Crippen molar-refractivity contribution < 1.29 is 4.79 Å². The number of likely N-dealkylation sites (N-methyl/N-ethyl adjacent to an activating group) is 1. The van der Waals surface area contributed by atoms with E-state index in [9.17, 15) is 4.79 Å². The number of hydrogen-bond acceptors (Lipinski definition) is 5. The van der Waals surface area contributed by atoms with Crippen molar-refractivity contribution in [2.75, 3.05) is 25.0 Å². The van der Waals surface area contributed by atoms with Gasteiger partial charge in [0.05, 0.1) is 5.56 Å². The minimum Gasteiger partial charge on any atom is -0.366 e. The summed E-state index contributed by atoms with van der Waals surface area (Å²) in [6, 6.07) is 0.486. The van der Waals surface area contributed by atoms with Gasteiger partial charge in [0.2, 0.25) is 5.95 Å². The lowest BCUT2D eigenvalue weighted by Gasteiger charge is -2.15. The molecule has 2 rings (SSSR count). The molecule has 1 aromatic heterocycles. The minimum absolute atomic E-state index is 0. The van der Waals surface area contributed by atoms with Crippen molar-refractivity contribution in [2.45, 2.75) is 12.5 Å². The molecule has 7 heteroatoms. The van der Waals surface area contributed by atoms with Gasteiger partial charge < -0.3 is 16.0 Å². The Morgan fingerprint density at radius 1 is 1.53 bits per heavy atom. The zero-order valence-electron chi connectivity index (χ0n) is 9.59. The smallest absolute Gasteiger partial charge is 0.251 e. The van der Waals surface area contributed by atoms with E-state index in [0.29, 0.717) is 17.6 Å². The van der Waals surface area contributed by atoms with Crippen LogP contribution >= 0.6 is 12.4 Å². The molecule has 0 bridgehead atoms. The summed E-state index contributed by atoms with van der Waals surface area (Å²) in [7, 11) is 1.95. The van der Waals surface area contributed by atoms with Gasteiger partial charge >= 0.3 is 0 Å². The van der Waals surface area contributed by atoms with Crippen LogP contribution in [0.5, 0.6) is 0 Å². The SMILES string of the molecule is CNC1CCN(c2ncc(C(N)=O)cn2)C1.Cl. The number of hydrogen-bond donors (Lipinski definition) is 2. The molecular weight excluding hydrogens is 242 g/mol. The van der Waals surface area contributed by atoms with Gasteiger partial charge in [0.15, 0.2) is 0 Å². The topological polar surface area (TPSA) is 84.1 Å². The number of anilines is 1. The van der Waals surface area contributed by atoms with Crippen molar-refractivity contribution in [3.63, 3.8) is 0 Å². The zero-order valence-corrected chi connectivity index (χ0v) is 10.4. The van der Waals surface area contributed by atoms with Gasteiger partial charge in [-0.2, -0.15) is 0 Å². The average Bonchev–Trinajstić information content (AvgIpc) is 2.77. The molecule has 3 N–H and O–H groups in total. The summed E-state index contributed by atoms with van der Waals surface area (Å²) < 4.78 is 0. The largest absolute Gasteiger partial charge is 0.366 e. The molecule has 0 spiro atoms. The highest BCUT2D eigenvalue weighted by atomic mass is 35.5. The second kappa shape index (κ2) is 5.79. The molecule has 1 saturated heterocycles. The Morgan fingerprint density at radius 2 is 2.18 bits per heavy atom. The van der Waals surface area contributed by atoms with E-state index in [4.69, 9.17) is 5.73 Å². The van der Waals surface area contributed by atoms with E-state index in [1.165, 1.54) is 12.4 Å². The highest BCUT2D eigenvalue weighted by Crippen LogP contribution is 2.15. The van der Waals surface area contributed by atoms with E-state index in [0.717, 1.165) is 19.5 Å². The van der Waals surface area contributed by atoms with Gasteiger partial charge in [0.1, 0.15) is 0 Å². The third-order valence-corrected chi connectivity index (χ3v) is 2.80. The number of nitrogens with zero attached hydrogens (tertiary/aromatic N) is 3. The predicted octanol–water partition coefficient (Wildman–Crippen LogP) is -0.205. The van der Waals surface area contributed by atoms with Crippen molar-refractivity contribution in [2.24, 2.45) is 5.73 Å². The molecule has 1 amide bonds. The van der Waals surface area contributed by atoms with E-state index in [1.807, 2.05) is 7.05 Å². The molecule has 2 heterocycles. The molecule has 1 unspecified atom stereocenters. The third-order valence-electron chi connectivity index (χ3n) is 2.80. The number of primary amides is 1. The van der Waals surface area contributed by atoms with E-state index >= 15 is 0 Å². The van der Waals surface area contributed by atoms with Crippen LogP contribution in [0, 0.1) is 0 Å². The molecule has 6 nitrogen and oxygen atoms in total. The maximum absolute atomic E-state index is 10.9. The number of carbonyl (C=O) groups excluding carboxylic acids is 1. The maximum Gasteiger partial charge on any atom is 0.251 e. The fraction of sp³-hybridized carbons (Fsp3) is 0.500. The Bertz CT molecular complexity index is 383. The fourth-order valence-electron chi connectivity index (χ4n) is 1.79. The van der Waals surface area contributed by atoms with Gasteiger partial charge in [0, 0.05) is 31.5 Å². The lowest BCUT2D eigenvalue weighted by molar-refractivity contribution is 0.0999.